The first kappa shape index (κ1) is 9.47. The predicted molar refractivity (Wildman–Crippen MR) is 40.1 cm³/mol. The summed E-state index contributed by atoms with van der Waals surface area (Å²) in [6.07, 6.45) is 2.81. The molecule has 0 fully saturated rings. The Hall–Kier alpha value is -0.530. The van der Waals surface area contributed by atoms with E-state index < -0.39 is 0 Å². The lowest BCUT2D eigenvalue weighted by Gasteiger charge is -2.09. The zero-order valence-corrected chi connectivity index (χ0v) is 6.59. The molecule has 0 aromatic rings. The molecule has 0 saturated carbocycles. The van der Waals surface area contributed by atoms with Gasteiger partial charge in [0.25, 0.3) is 0 Å². The van der Waals surface area contributed by atoms with Crippen molar-refractivity contribution in [3.63, 3.8) is 0 Å². The molecule has 0 aliphatic rings. The van der Waals surface area contributed by atoms with Crippen molar-refractivity contribution in [2.45, 2.75) is 32.8 Å². The molecule has 1 atom stereocenters. The third kappa shape index (κ3) is 4.36. The lowest BCUT2D eigenvalue weighted by Crippen LogP contribution is -2.13. The second kappa shape index (κ2) is 5.27. The number of carbonyl (C=O) groups excluding carboxylic acids is 1. The summed E-state index contributed by atoms with van der Waals surface area (Å²) in [6, 6.07) is 0. The number of carbonyl (C=O) groups is 1. The number of esters is 1. The van der Waals surface area contributed by atoms with Gasteiger partial charge in [-0.2, -0.15) is 0 Å². The van der Waals surface area contributed by atoms with Crippen molar-refractivity contribution in [1.29, 1.82) is 0 Å². The Kier molecular flexibility index (Phi) is 4.99. The van der Waals surface area contributed by atoms with E-state index in [1.807, 2.05) is 13.8 Å². The minimum Gasteiger partial charge on any atom is -0.462 e. The average molecular weight is 142 g/mol. The van der Waals surface area contributed by atoms with Gasteiger partial charge in [-0.05, 0) is 19.8 Å². The Balaban J connectivity index is 3.37. The molecule has 2 nitrogen and oxygen atoms in total. The third-order valence-electron chi connectivity index (χ3n) is 1.20. The van der Waals surface area contributed by atoms with Gasteiger partial charge in [-0.25, -0.2) is 0 Å². The molecule has 0 spiro atoms. The maximum Gasteiger partial charge on any atom is 0.310 e. The molecule has 0 N–H and O–H groups in total. The van der Waals surface area contributed by atoms with Crippen LogP contribution in [0.1, 0.15) is 26.7 Å². The quantitative estimate of drug-likeness (QED) is 0.559. The molecule has 58 valence electrons. The Morgan fingerprint density at radius 3 is 2.80 bits per heavy atom. The molecule has 10 heavy (non-hydrogen) atoms. The van der Waals surface area contributed by atoms with E-state index in [4.69, 9.17) is 4.74 Å². The van der Waals surface area contributed by atoms with Gasteiger partial charge in [0, 0.05) is 0 Å². The number of hydrogen-bond acceptors (Lipinski definition) is 2. The van der Waals surface area contributed by atoms with E-state index in [-0.39, 0.29) is 12.1 Å². The molecular formula is C8H14O2. The predicted octanol–water partition coefficient (Wildman–Crippen LogP) is 1.76. The summed E-state index contributed by atoms with van der Waals surface area (Å²) in [4.78, 5) is 10.7. The smallest absolute Gasteiger partial charge is 0.310 e. The van der Waals surface area contributed by atoms with Gasteiger partial charge in [-0.3, -0.25) is 4.79 Å². The SMILES string of the molecule is [CH2]C[CH]C(=O)OC(C)CC. The maximum absolute atomic E-state index is 10.7. The van der Waals surface area contributed by atoms with Gasteiger partial charge in [-0.15, -0.1) is 0 Å². The van der Waals surface area contributed by atoms with Crippen LogP contribution in [0.3, 0.4) is 0 Å². The summed E-state index contributed by atoms with van der Waals surface area (Å²) < 4.78 is 4.91. The molecule has 0 aliphatic carbocycles. The van der Waals surface area contributed by atoms with Gasteiger partial charge in [0.2, 0.25) is 0 Å². The topological polar surface area (TPSA) is 26.3 Å². The van der Waals surface area contributed by atoms with E-state index >= 15 is 0 Å². The Labute approximate surface area is 62.6 Å². The van der Waals surface area contributed by atoms with Gasteiger partial charge < -0.3 is 4.74 Å². The molecule has 0 saturated heterocycles. The monoisotopic (exact) mass is 142 g/mol. The molecule has 0 rings (SSSR count). The van der Waals surface area contributed by atoms with Crippen LogP contribution in [0.5, 0.6) is 0 Å². The van der Waals surface area contributed by atoms with Crippen LogP contribution < -0.4 is 0 Å². The molecule has 1 unspecified atom stereocenters. The highest BCUT2D eigenvalue weighted by Gasteiger charge is 2.05. The summed E-state index contributed by atoms with van der Waals surface area (Å²) in [5.74, 6) is -0.260. The Bertz CT molecular complexity index is 99.4. The van der Waals surface area contributed by atoms with Crippen molar-refractivity contribution in [2.24, 2.45) is 0 Å². The standard InChI is InChI=1S/C8H14O2/c1-4-6-8(9)10-7(3)5-2/h6-7H,1,4-5H2,2-3H3. The lowest BCUT2D eigenvalue weighted by molar-refractivity contribution is -0.144. The largest absolute Gasteiger partial charge is 0.462 e. The van der Waals surface area contributed by atoms with E-state index in [1.54, 1.807) is 0 Å². The highest BCUT2D eigenvalue weighted by Crippen LogP contribution is 1.98. The zero-order valence-electron chi connectivity index (χ0n) is 6.59. The number of hydrogen-bond donors (Lipinski definition) is 0. The van der Waals surface area contributed by atoms with Crippen LogP contribution in [0.4, 0.5) is 0 Å². The van der Waals surface area contributed by atoms with Crippen LogP contribution in [-0.2, 0) is 9.53 Å². The van der Waals surface area contributed by atoms with Crippen LogP contribution in [0.25, 0.3) is 0 Å². The van der Waals surface area contributed by atoms with Gasteiger partial charge in [0.15, 0.2) is 0 Å². The second-order valence-electron chi connectivity index (χ2n) is 2.15. The molecular weight excluding hydrogens is 128 g/mol. The normalized spacial score (nSPS) is 12.7. The van der Waals surface area contributed by atoms with Crippen LogP contribution >= 0.6 is 0 Å². The van der Waals surface area contributed by atoms with Crippen molar-refractivity contribution in [2.75, 3.05) is 0 Å². The van der Waals surface area contributed by atoms with Crippen molar-refractivity contribution >= 4 is 5.97 Å². The summed E-state index contributed by atoms with van der Waals surface area (Å²) >= 11 is 0. The molecule has 0 amide bonds. The van der Waals surface area contributed by atoms with Gasteiger partial charge in [-0.1, -0.05) is 13.8 Å². The third-order valence-corrected chi connectivity index (χ3v) is 1.20. The number of ether oxygens (including phenoxy) is 1. The van der Waals surface area contributed by atoms with Crippen molar-refractivity contribution in [3.05, 3.63) is 13.3 Å². The summed E-state index contributed by atoms with van der Waals surface area (Å²) in [5, 5.41) is 0. The Morgan fingerprint density at radius 2 is 2.40 bits per heavy atom. The molecule has 0 aliphatic heterocycles. The van der Waals surface area contributed by atoms with Gasteiger partial charge in [0.05, 0.1) is 12.5 Å². The molecule has 0 bridgehead atoms. The molecule has 2 heteroatoms. The van der Waals surface area contributed by atoms with Crippen molar-refractivity contribution < 1.29 is 9.53 Å². The first-order chi connectivity index (χ1) is 4.70. The lowest BCUT2D eigenvalue weighted by atomic mass is 10.3. The highest BCUT2D eigenvalue weighted by atomic mass is 16.5. The molecule has 0 aromatic heterocycles. The summed E-state index contributed by atoms with van der Waals surface area (Å²) in [7, 11) is 0. The highest BCUT2D eigenvalue weighted by molar-refractivity contribution is 5.78. The van der Waals surface area contributed by atoms with Gasteiger partial charge >= 0.3 is 5.97 Å². The van der Waals surface area contributed by atoms with E-state index in [0.717, 1.165) is 6.42 Å². The summed E-state index contributed by atoms with van der Waals surface area (Å²) in [5.41, 5.74) is 0. The van der Waals surface area contributed by atoms with Crippen LogP contribution in [0, 0.1) is 13.3 Å². The van der Waals surface area contributed by atoms with E-state index in [2.05, 4.69) is 6.92 Å². The number of rotatable bonds is 4. The maximum atomic E-state index is 10.7. The van der Waals surface area contributed by atoms with Crippen molar-refractivity contribution in [1.82, 2.24) is 0 Å². The van der Waals surface area contributed by atoms with Crippen LogP contribution in [0.2, 0.25) is 0 Å². The van der Waals surface area contributed by atoms with Crippen LogP contribution in [-0.4, -0.2) is 12.1 Å². The van der Waals surface area contributed by atoms with Crippen molar-refractivity contribution in [3.8, 4) is 0 Å². The first-order valence-corrected chi connectivity index (χ1v) is 3.53. The van der Waals surface area contributed by atoms with E-state index in [9.17, 15) is 4.79 Å². The fourth-order valence-electron chi connectivity index (χ4n) is 0.448. The second-order valence-corrected chi connectivity index (χ2v) is 2.15. The van der Waals surface area contributed by atoms with E-state index in [1.165, 1.54) is 6.42 Å². The summed E-state index contributed by atoms with van der Waals surface area (Å²) in [6.45, 7) is 7.35. The zero-order chi connectivity index (χ0) is 7.98. The molecule has 0 heterocycles. The molecule has 2 radical (unpaired) electrons. The molecule has 0 aromatic carbocycles. The average Bonchev–Trinajstić information content (AvgIpc) is 1.88. The minimum atomic E-state index is -0.260. The fourth-order valence-corrected chi connectivity index (χ4v) is 0.448. The Morgan fingerprint density at radius 1 is 1.80 bits per heavy atom. The van der Waals surface area contributed by atoms with Gasteiger partial charge in [0.1, 0.15) is 0 Å². The van der Waals surface area contributed by atoms with E-state index in [0.29, 0.717) is 6.42 Å². The fraction of sp³-hybridized carbons (Fsp3) is 0.625. The first-order valence-electron chi connectivity index (χ1n) is 3.53. The minimum absolute atomic E-state index is 0.0234. The van der Waals surface area contributed by atoms with Crippen LogP contribution in [0.15, 0.2) is 0 Å².